The van der Waals surface area contributed by atoms with E-state index in [1.165, 1.54) is 6.20 Å². The Morgan fingerprint density at radius 2 is 2.50 bits per heavy atom. The van der Waals surface area contributed by atoms with Crippen LogP contribution in [0.4, 0.5) is 0 Å². The molecule has 1 amide bonds. The average Bonchev–Trinajstić information content (AvgIpc) is 2.27. The van der Waals surface area contributed by atoms with Crippen molar-refractivity contribution in [2.45, 2.75) is 13.0 Å². The van der Waals surface area contributed by atoms with Gasteiger partial charge in [0.15, 0.2) is 0 Å². The summed E-state index contributed by atoms with van der Waals surface area (Å²) >= 11 is 0. The van der Waals surface area contributed by atoms with E-state index >= 15 is 0 Å². The normalized spacial score (nSPS) is 14.6. The summed E-state index contributed by atoms with van der Waals surface area (Å²) in [4.78, 5) is 15.3. The molecule has 5 heteroatoms. The molecule has 2 heterocycles. The van der Waals surface area contributed by atoms with Crippen molar-refractivity contribution in [3.05, 3.63) is 29.1 Å². The predicted molar refractivity (Wildman–Crippen MR) is 48.9 cm³/mol. The first-order valence-corrected chi connectivity index (χ1v) is 4.44. The van der Waals surface area contributed by atoms with Gasteiger partial charge in [0.1, 0.15) is 0 Å². The quantitative estimate of drug-likeness (QED) is 0.428. The molecule has 0 aliphatic carbocycles. The summed E-state index contributed by atoms with van der Waals surface area (Å²) in [6.45, 7) is 1.65. The zero-order chi connectivity index (χ0) is 9.97. The molecule has 1 aromatic heterocycles. The lowest BCUT2D eigenvalue weighted by molar-refractivity contribution is 0.0705. The molecule has 0 unspecified atom stereocenters. The van der Waals surface area contributed by atoms with E-state index in [-0.39, 0.29) is 0 Å². The number of hydroxylamine groups is 1. The lowest BCUT2D eigenvalue weighted by Crippen LogP contribution is -2.26. The highest BCUT2D eigenvalue weighted by Crippen LogP contribution is 2.12. The molecular weight excluding hydrogens is 182 g/mol. The Kier molecular flexibility index (Phi) is 2.43. The summed E-state index contributed by atoms with van der Waals surface area (Å²) in [5.74, 6) is -0.522. The van der Waals surface area contributed by atoms with Gasteiger partial charge in [0.2, 0.25) is 0 Å². The molecule has 0 atom stereocenters. The third kappa shape index (κ3) is 1.59. The van der Waals surface area contributed by atoms with E-state index in [4.69, 9.17) is 5.21 Å². The molecule has 0 bridgehead atoms. The first-order chi connectivity index (χ1) is 6.81. The zero-order valence-electron chi connectivity index (χ0n) is 7.58. The Labute approximate surface area is 81.1 Å². The molecule has 1 aliphatic rings. The van der Waals surface area contributed by atoms with Crippen LogP contribution in [0.2, 0.25) is 0 Å². The van der Waals surface area contributed by atoms with Crippen LogP contribution in [0.25, 0.3) is 0 Å². The zero-order valence-corrected chi connectivity index (χ0v) is 7.58. The van der Waals surface area contributed by atoms with Gasteiger partial charge in [-0.3, -0.25) is 15.0 Å². The summed E-state index contributed by atoms with van der Waals surface area (Å²) in [5, 5.41) is 11.6. The largest absolute Gasteiger partial charge is 0.312 e. The molecule has 1 aliphatic heterocycles. The molecule has 0 saturated carbocycles. The Bertz CT molecular complexity index is 365. The van der Waals surface area contributed by atoms with Crippen molar-refractivity contribution in [1.82, 2.24) is 15.8 Å². The highest BCUT2D eigenvalue weighted by Gasteiger charge is 2.12. The van der Waals surface area contributed by atoms with Gasteiger partial charge < -0.3 is 5.32 Å². The molecular formula is C9H11N3O2. The Morgan fingerprint density at radius 1 is 1.64 bits per heavy atom. The summed E-state index contributed by atoms with van der Waals surface area (Å²) in [5.41, 5.74) is 4.02. The average molecular weight is 193 g/mol. The molecule has 2 rings (SSSR count). The standard InChI is InChI=1S/C9H11N3O2/c13-9(12-14)7-3-6-4-10-2-1-8(6)11-5-7/h3,5,10,14H,1-2,4H2,(H,12,13). The number of hydrogen-bond acceptors (Lipinski definition) is 4. The molecule has 1 aromatic rings. The van der Waals surface area contributed by atoms with Gasteiger partial charge in [-0.15, -0.1) is 0 Å². The van der Waals surface area contributed by atoms with E-state index < -0.39 is 5.91 Å². The second-order valence-electron chi connectivity index (χ2n) is 3.20. The van der Waals surface area contributed by atoms with Crippen LogP contribution < -0.4 is 10.8 Å². The molecule has 0 spiro atoms. The molecule has 0 radical (unpaired) electrons. The molecule has 0 saturated heterocycles. The number of carbonyl (C=O) groups excluding carboxylic acids is 1. The number of aromatic nitrogens is 1. The predicted octanol–water partition coefficient (Wildman–Crippen LogP) is -0.154. The van der Waals surface area contributed by atoms with Crippen LogP contribution in [0.3, 0.4) is 0 Å². The molecule has 3 N–H and O–H groups in total. The highest BCUT2D eigenvalue weighted by molar-refractivity contribution is 5.93. The number of nitrogens with zero attached hydrogens (tertiary/aromatic N) is 1. The van der Waals surface area contributed by atoms with Crippen molar-refractivity contribution in [1.29, 1.82) is 0 Å². The second-order valence-corrected chi connectivity index (χ2v) is 3.20. The van der Waals surface area contributed by atoms with E-state index in [1.807, 2.05) is 0 Å². The number of amides is 1. The summed E-state index contributed by atoms with van der Waals surface area (Å²) in [6.07, 6.45) is 2.37. The maximum Gasteiger partial charge on any atom is 0.276 e. The van der Waals surface area contributed by atoms with Crippen LogP contribution >= 0.6 is 0 Å². The lowest BCUT2D eigenvalue weighted by Gasteiger charge is -2.16. The monoisotopic (exact) mass is 193 g/mol. The molecule has 14 heavy (non-hydrogen) atoms. The maximum absolute atomic E-state index is 11.1. The van der Waals surface area contributed by atoms with E-state index in [0.717, 1.165) is 30.8 Å². The topological polar surface area (TPSA) is 74.2 Å². The van der Waals surface area contributed by atoms with E-state index in [9.17, 15) is 4.79 Å². The van der Waals surface area contributed by atoms with E-state index in [1.54, 1.807) is 11.5 Å². The van der Waals surface area contributed by atoms with Crippen LogP contribution in [0.5, 0.6) is 0 Å². The molecule has 74 valence electrons. The number of rotatable bonds is 1. The van der Waals surface area contributed by atoms with E-state index in [0.29, 0.717) is 5.56 Å². The summed E-state index contributed by atoms with van der Waals surface area (Å²) in [7, 11) is 0. The van der Waals surface area contributed by atoms with Crippen molar-refractivity contribution < 1.29 is 10.0 Å². The van der Waals surface area contributed by atoms with Gasteiger partial charge in [-0.1, -0.05) is 0 Å². The van der Waals surface area contributed by atoms with Crippen molar-refractivity contribution in [2.24, 2.45) is 0 Å². The van der Waals surface area contributed by atoms with Crippen molar-refractivity contribution in [2.75, 3.05) is 6.54 Å². The number of hydrogen-bond donors (Lipinski definition) is 3. The van der Waals surface area contributed by atoms with Crippen LogP contribution in [0.15, 0.2) is 12.3 Å². The van der Waals surface area contributed by atoms with Crippen LogP contribution in [0.1, 0.15) is 21.6 Å². The molecule has 5 nitrogen and oxygen atoms in total. The number of nitrogens with one attached hydrogen (secondary N) is 2. The second kappa shape index (κ2) is 3.73. The Balaban J connectivity index is 2.33. The van der Waals surface area contributed by atoms with Gasteiger partial charge in [0.05, 0.1) is 5.56 Å². The SMILES string of the molecule is O=C(NO)c1cnc2c(c1)CNCC2. The minimum atomic E-state index is -0.522. The third-order valence-corrected chi connectivity index (χ3v) is 2.28. The van der Waals surface area contributed by atoms with Crippen molar-refractivity contribution in [3.63, 3.8) is 0 Å². The van der Waals surface area contributed by atoms with Crippen LogP contribution in [0, 0.1) is 0 Å². The fourth-order valence-electron chi connectivity index (χ4n) is 1.54. The van der Waals surface area contributed by atoms with Gasteiger partial charge in [-0.05, 0) is 11.6 Å². The van der Waals surface area contributed by atoms with E-state index in [2.05, 4.69) is 10.3 Å². The molecule has 0 fully saturated rings. The first-order valence-electron chi connectivity index (χ1n) is 4.44. The van der Waals surface area contributed by atoms with Crippen LogP contribution in [-0.2, 0) is 13.0 Å². The minimum Gasteiger partial charge on any atom is -0.312 e. The Hall–Kier alpha value is -1.46. The number of pyridine rings is 1. The highest BCUT2D eigenvalue weighted by atomic mass is 16.5. The first kappa shape index (κ1) is 9.11. The maximum atomic E-state index is 11.1. The van der Waals surface area contributed by atoms with Crippen molar-refractivity contribution in [3.8, 4) is 0 Å². The minimum absolute atomic E-state index is 0.384. The lowest BCUT2D eigenvalue weighted by atomic mass is 10.1. The van der Waals surface area contributed by atoms with Crippen LogP contribution in [-0.4, -0.2) is 22.6 Å². The smallest absolute Gasteiger partial charge is 0.276 e. The number of carbonyl (C=O) groups is 1. The van der Waals surface area contributed by atoms with Gasteiger partial charge in [-0.25, -0.2) is 5.48 Å². The van der Waals surface area contributed by atoms with Gasteiger partial charge in [0, 0.05) is 31.4 Å². The fourth-order valence-corrected chi connectivity index (χ4v) is 1.54. The third-order valence-electron chi connectivity index (χ3n) is 2.28. The molecule has 0 aromatic carbocycles. The summed E-state index contributed by atoms with van der Waals surface area (Å²) in [6, 6.07) is 1.75. The van der Waals surface area contributed by atoms with Crippen molar-refractivity contribution >= 4 is 5.91 Å². The number of fused-ring (bicyclic) bond motifs is 1. The van der Waals surface area contributed by atoms with Gasteiger partial charge in [0.25, 0.3) is 5.91 Å². The fraction of sp³-hybridized carbons (Fsp3) is 0.333. The Morgan fingerprint density at radius 3 is 3.29 bits per heavy atom. The summed E-state index contributed by atoms with van der Waals surface area (Å²) < 4.78 is 0. The van der Waals surface area contributed by atoms with Gasteiger partial charge >= 0.3 is 0 Å². The van der Waals surface area contributed by atoms with Gasteiger partial charge in [-0.2, -0.15) is 0 Å².